The molecule has 3 fully saturated rings. The van der Waals surface area contributed by atoms with Gasteiger partial charge in [-0.1, -0.05) is 12.1 Å². The monoisotopic (exact) mass is 441 g/mol. The molecule has 2 saturated heterocycles. The number of piperidine rings is 2. The van der Waals surface area contributed by atoms with Crippen molar-refractivity contribution < 1.29 is 13.6 Å². The second-order valence-corrected chi connectivity index (χ2v) is 9.59. The molecule has 32 heavy (non-hydrogen) atoms. The first kappa shape index (κ1) is 21.1. The average Bonchev–Trinajstić information content (AvgIpc) is 3.52. The van der Waals surface area contributed by atoms with Crippen molar-refractivity contribution >= 4 is 17.5 Å². The normalized spacial score (nSPS) is 21.6. The van der Waals surface area contributed by atoms with E-state index < -0.39 is 11.8 Å². The SMILES string of the molecule is Cc1cc(-c2cccc(C(N)=O)c2N2CCC3(CC2)CC3)nc(N2CCC(F)(F)CC2)n1. The molecule has 5 rings (SSSR count). The van der Waals surface area contributed by atoms with Gasteiger partial charge in [0.15, 0.2) is 0 Å². The molecule has 1 aromatic carbocycles. The van der Waals surface area contributed by atoms with Gasteiger partial charge < -0.3 is 15.5 Å². The maximum atomic E-state index is 13.6. The van der Waals surface area contributed by atoms with E-state index in [1.54, 1.807) is 6.07 Å². The molecule has 1 saturated carbocycles. The summed E-state index contributed by atoms with van der Waals surface area (Å²) < 4.78 is 27.3. The van der Waals surface area contributed by atoms with E-state index in [0.717, 1.165) is 42.9 Å². The van der Waals surface area contributed by atoms with Crippen LogP contribution in [0.25, 0.3) is 11.3 Å². The number of rotatable bonds is 4. The number of benzene rings is 1. The number of alkyl halides is 2. The number of hydrogen-bond donors (Lipinski definition) is 1. The summed E-state index contributed by atoms with van der Waals surface area (Å²) in [7, 11) is 0. The predicted molar refractivity (Wildman–Crippen MR) is 120 cm³/mol. The molecule has 1 aliphatic carbocycles. The lowest BCUT2D eigenvalue weighted by atomic mass is 9.92. The van der Waals surface area contributed by atoms with Crippen molar-refractivity contribution in [3.8, 4) is 11.3 Å². The molecule has 0 bridgehead atoms. The maximum Gasteiger partial charge on any atom is 0.251 e. The number of halogens is 2. The van der Waals surface area contributed by atoms with E-state index in [4.69, 9.17) is 10.7 Å². The molecule has 0 radical (unpaired) electrons. The van der Waals surface area contributed by atoms with Gasteiger partial charge in [0.1, 0.15) is 0 Å². The van der Waals surface area contributed by atoms with E-state index in [0.29, 0.717) is 22.6 Å². The second kappa shape index (κ2) is 7.67. The molecule has 2 aliphatic heterocycles. The van der Waals surface area contributed by atoms with E-state index in [1.807, 2.05) is 30.0 Å². The maximum absolute atomic E-state index is 13.6. The Bertz CT molecular complexity index is 1030. The summed E-state index contributed by atoms with van der Waals surface area (Å²) in [5, 5.41) is 0. The first-order chi connectivity index (χ1) is 15.3. The number of hydrogen-bond acceptors (Lipinski definition) is 5. The standard InChI is InChI=1S/C24H29F2N5O/c1-16-15-19(29-22(28-16)31-13-9-24(25,26)10-14-31)17-3-2-4-18(21(27)32)20(17)30-11-7-23(5-6-23)8-12-30/h2-4,15H,5-14H2,1H3,(H2,27,32). The molecule has 8 heteroatoms. The average molecular weight is 442 g/mol. The zero-order chi connectivity index (χ0) is 22.5. The van der Waals surface area contributed by atoms with Crippen LogP contribution >= 0.6 is 0 Å². The van der Waals surface area contributed by atoms with Gasteiger partial charge >= 0.3 is 0 Å². The number of aryl methyl sites for hydroxylation is 1. The van der Waals surface area contributed by atoms with Crippen LogP contribution in [0.5, 0.6) is 0 Å². The molecule has 1 amide bonds. The van der Waals surface area contributed by atoms with E-state index in [-0.39, 0.29) is 25.9 Å². The highest BCUT2D eigenvalue weighted by Gasteiger charge is 2.45. The van der Waals surface area contributed by atoms with Crippen molar-refractivity contribution in [3.63, 3.8) is 0 Å². The summed E-state index contributed by atoms with van der Waals surface area (Å²) in [6, 6.07) is 7.44. The van der Waals surface area contributed by atoms with Crippen molar-refractivity contribution in [2.24, 2.45) is 11.1 Å². The van der Waals surface area contributed by atoms with Gasteiger partial charge in [-0.15, -0.1) is 0 Å². The van der Waals surface area contributed by atoms with Crippen LogP contribution in [-0.2, 0) is 0 Å². The summed E-state index contributed by atoms with van der Waals surface area (Å²) in [6.07, 6.45) is 4.45. The quantitative estimate of drug-likeness (QED) is 0.771. The van der Waals surface area contributed by atoms with Gasteiger partial charge in [-0.2, -0.15) is 0 Å². The fraction of sp³-hybridized carbons (Fsp3) is 0.542. The summed E-state index contributed by atoms with van der Waals surface area (Å²) in [5.41, 5.74) is 9.86. The minimum atomic E-state index is -2.63. The van der Waals surface area contributed by atoms with Crippen LogP contribution in [0.3, 0.4) is 0 Å². The number of para-hydroxylation sites is 1. The predicted octanol–water partition coefficient (Wildman–Crippen LogP) is 4.17. The molecule has 3 aliphatic rings. The Morgan fingerprint density at radius 1 is 0.969 bits per heavy atom. The molecule has 0 atom stereocenters. The highest BCUT2D eigenvalue weighted by atomic mass is 19.3. The van der Waals surface area contributed by atoms with Gasteiger partial charge in [0.2, 0.25) is 5.95 Å². The number of aromatic nitrogens is 2. The highest BCUT2D eigenvalue weighted by molar-refractivity contribution is 6.02. The van der Waals surface area contributed by atoms with Crippen LogP contribution < -0.4 is 15.5 Å². The second-order valence-electron chi connectivity index (χ2n) is 9.59. The number of primary amides is 1. The third-order valence-electron chi connectivity index (χ3n) is 7.30. The Kier molecular flexibility index (Phi) is 5.06. The molecular formula is C24H29F2N5O. The van der Waals surface area contributed by atoms with Gasteiger partial charge in [0.25, 0.3) is 11.8 Å². The van der Waals surface area contributed by atoms with Crippen molar-refractivity contribution in [2.75, 3.05) is 36.0 Å². The molecule has 3 heterocycles. The third kappa shape index (κ3) is 4.02. The lowest BCUT2D eigenvalue weighted by Gasteiger charge is -2.36. The van der Waals surface area contributed by atoms with Gasteiger partial charge in [0, 0.05) is 50.3 Å². The molecule has 1 aromatic heterocycles. The molecule has 170 valence electrons. The lowest BCUT2D eigenvalue weighted by molar-refractivity contribution is -0.0222. The number of carbonyl (C=O) groups excluding carboxylic acids is 1. The summed E-state index contributed by atoms with van der Waals surface area (Å²) in [5.74, 6) is -2.63. The Morgan fingerprint density at radius 2 is 1.62 bits per heavy atom. The van der Waals surface area contributed by atoms with Crippen molar-refractivity contribution in [1.29, 1.82) is 0 Å². The van der Waals surface area contributed by atoms with Crippen LogP contribution in [0.2, 0.25) is 0 Å². The summed E-state index contributed by atoms with van der Waals surface area (Å²) >= 11 is 0. The molecule has 1 spiro atoms. The molecule has 2 N–H and O–H groups in total. The van der Waals surface area contributed by atoms with Gasteiger partial charge in [-0.05, 0) is 50.2 Å². The Hall–Kier alpha value is -2.77. The minimum Gasteiger partial charge on any atom is -0.370 e. The van der Waals surface area contributed by atoms with Gasteiger partial charge in [0.05, 0.1) is 16.9 Å². The van der Waals surface area contributed by atoms with Gasteiger partial charge in [-0.25, -0.2) is 18.7 Å². The first-order valence-electron chi connectivity index (χ1n) is 11.4. The first-order valence-corrected chi connectivity index (χ1v) is 11.4. The number of nitrogens with zero attached hydrogens (tertiary/aromatic N) is 4. The smallest absolute Gasteiger partial charge is 0.251 e. The van der Waals surface area contributed by atoms with Crippen LogP contribution in [0.4, 0.5) is 20.4 Å². The summed E-state index contributed by atoms with van der Waals surface area (Å²) in [4.78, 5) is 25.7. The highest BCUT2D eigenvalue weighted by Crippen LogP contribution is 2.54. The summed E-state index contributed by atoms with van der Waals surface area (Å²) in [6.45, 7) is 4.09. The topological polar surface area (TPSA) is 75.4 Å². The van der Waals surface area contributed by atoms with E-state index in [2.05, 4.69) is 9.88 Å². The van der Waals surface area contributed by atoms with Crippen LogP contribution in [-0.4, -0.2) is 48.0 Å². The van der Waals surface area contributed by atoms with Crippen LogP contribution in [0.15, 0.2) is 24.3 Å². The van der Waals surface area contributed by atoms with Crippen molar-refractivity contribution in [2.45, 2.75) is 51.4 Å². The van der Waals surface area contributed by atoms with Crippen molar-refractivity contribution in [3.05, 3.63) is 35.5 Å². The Labute approximate surface area is 186 Å². The lowest BCUT2D eigenvalue weighted by Crippen LogP contribution is -2.40. The van der Waals surface area contributed by atoms with E-state index in [1.165, 1.54) is 12.8 Å². The van der Waals surface area contributed by atoms with E-state index >= 15 is 0 Å². The molecule has 2 aromatic rings. The molecule has 6 nitrogen and oxygen atoms in total. The minimum absolute atomic E-state index is 0.197. The molecule has 0 unspecified atom stereocenters. The fourth-order valence-electron chi connectivity index (χ4n) is 5.04. The van der Waals surface area contributed by atoms with Gasteiger partial charge in [-0.3, -0.25) is 4.79 Å². The number of anilines is 2. The number of amides is 1. The number of carbonyl (C=O) groups is 1. The van der Waals surface area contributed by atoms with Crippen LogP contribution in [0.1, 0.15) is 54.6 Å². The fourth-order valence-corrected chi connectivity index (χ4v) is 5.04. The van der Waals surface area contributed by atoms with Crippen LogP contribution in [0, 0.1) is 12.3 Å². The van der Waals surface area contributed by atoms with E-state index in [9.17, 15) is 13.6 Å². The third-order valence-corrected chi connectivity index (χ3v) is 7.30. The zero-order valence-corrected chi connectivity index (χ0v) is 18.4. The number of nitrogens with two attached hydrogens (primary N) is 1. The molecular weight excluding hydrogens is 412 g/mol. The zero-order valence-electron chi connectivity index (χ0n) is 18.4. The Morgan fingerprint density at radius 3 is 2.25 bits per heavy atom. The largest absolute Gasteiger partial charge is 0.370 e. The van der Waals surface area contributed by atoms with Crippen molar-refractivity contribution in [1.82, 2.24) is 9.97 Å². The Balaban J connectivity index is 1.52.